The average molecular weight is 461 g/mol. The Hall–Kier alpha value is -2.06. The Morgan fingerprint density at radius 3 is 2.46 bits per heavy atom. The Kier molecular flexibility index (Phi) is 8.79. The topological polar surface area (TPSA) is 79.5 Å². The van der Waals surface area contributed by atoms with Crippen LogP contribution in [0.25, 0.3) is 0 Å². The van der Waals surface area contributed by atoms with Gasteiger partial charge in [-0.25, -0.2) is 0 Å². The first-order chi connectivity index (χ1) is 13.3. The molecule has 28 heavy (non-hydrogen) atoms. The van der Waals surface area contributed by atoms with Gasteiger partial charge in [-0.05, 0) is 55.0 Å². The Balaban J connectivity index is 1.65. The van der Waals surface area contributed by atoms with Crippen molar-refractivity contribution in [1.82, 2.24) is 16.2 Å². The number of hydrogen-bond donors (Lipinski definition) is 3. The van der Waals surface area contributed by atoms with E-state index in [1.54, 1.807) is 36.4 Å². The van der Waals surface area contributed by atoms with Crippen molar-refractivity contribution in [2.45, 2.75) is 12.8 Å². The summed E-state index contributed by atoms with van der Waals surface area (Å²) in [5.41, 5.74) is 5.19. The van der Waals surface area contributed by atoms with Crippen molar-refractivity contribution in [1.29, 1.82) is 0 Å². The summed E-state index contributed by atoms with van der Waals surface area (Å²) < 4.78 is 5.50. The summed E-state index contributed by atoms with van der Waals surface area (Å²) in [6.07, 6.45) is 0.623. The molecule has 148 valence electrons. The van der Waals surface area contributed by atoms with Crippen LogP contribution in [-0.4, -0.2) is 23.5 Å². The van der Waals surface area contributed by atoms with Crippen molar-refractivity contribution in [3.05, 3.63) is 63.1 Å². The van der Waals surface area contributed by atoms with E-state index in [-0.39, 0.29) is 17.4 Å². The lowest BCUT2D eigenvalue weighted by Gasteiger charge is -2.11. The highest BCUT2D eigenvalue weighted by Gasteiger charge is 2.09. The van der Waals surface area contributed by atoms with E-state index in [9.17, 15) is 9.59 Å². The van der Waals surface area contributed by atoms with Gasteiger partial charge in [0.15, 0.2) is 5.11 Å². The number of ether oxygens (including phenoxy) is 1. The summed E-state index contributed by atoms with van der Waals surface area (Å²) in [5.74, 6) is -0.264. The Morgan fingerprint density at radius 2 is 1.75 bits per heavy atom. The quantitative estimate of drug-likeness (QED) is 0.343. The third kappa shape index (κ3) is 7.52. The maximum absolute atomic E-state index is 11.9. The van der Waals surface area contributed by atoms with Crippen LogP contribution in [-0.2, 0) is 4.79 Å². The van der Waals surface area contributed by atoms with E-state index in [2.05, 4.69) is 16.2 Å². The molecule has 0 aliphatic heterocycles. The molecule has 3 N–H and O–H groups in total. The Labute approximate surface area is 182 Å². The molecular weight excluding hydrogens is 445 g/mol. The zero-order valence-corrected chi connectivity index (χ0v) is 17.5. The predicted molar refractivity (Wildman–Crippen MR) is 114 cm³/mol. The van der Waals surface area contributed by atoms with E-state index in [1.165, 1.54) is 6.07 Å². The van der Waals surface area contributed by atoms with Crippen molar-refractivity contribution >= 4 is 63.9 Å². The minimum absolute atomic E-state index is 0.0259. The molecule has 0 aliphatic carbocycles. The van der Waals surface area contributed by atoms with Crippen molar-refractivity contribution in [3.8, 4) is 5.75 Å². The zero-order valence-electron chi connectivity index (χ0n) is 14.4. The summed E-state index contributed by atoms with van der Waals surface area (Å²) in [4.78, 5) is 23.8. The number of nitrogens with one attached hydrogen (secondary N) is 3. The number of rotatable bonds is 6. The minimum Gasteiger partial charge on any atom is -0.492 e. The molecule has 10 heteroatoms. The van der Waals surface area contributed by atoms with Gasteiger partial charge < -0.3 is 10.1 Å². The minimum atomic E-state index is -0.438. The fraction of sp³-hybridized carbons (Fsp3) is 0.167. The standard InChI is InChI=1S/C18H16Cl3N3O3S/c19-12-4-1-3-11(9-12)17(26)23-24-18(28)22-16(25)5-2-8-27-15-7-6-13(20)10-14(15)21/h1,3-4,6-7,9-10H,2,5,8H2,(H,23,26)(H2,22,24,25,28). The molecule has 0 radical (unpaired) electrons. The number of carbonyl (C=O) groups is 2. The smallest absolute Gasteiger partial charge is 0.269 e. The van der Waals surface area contributed by atoms with Gasteiger partial charge in [-0.1, -0.05) is 40.9 Å². The molecule has 0 saturated carbocycles. The fourth-order valence-corrected chi connectivity index (χ4v) is 2.86. The number of hydrogen-bond acceptors (Lipinski definition) is 4. The first-order valence-electron chi connectivity index (χ1n) is 8.09. The molecular formula is C18H16Cl3N3O3S. The lowest BCUT2D eigenvalue weighted by Crippen LogP contribution is -2.48. The first kappa shape index (κ1) is 22.2. The van der Waals surface area contributed by atoms with Crippen molar-refractivity contribution < 1.29 is 14.3 Å². The van der Waals surface area contributed by atoms with Crippen LogP contribution in [0.5, 0.6) is 5.75 Å². The van der Waals surface area contributed by atoms with Gasteiger partial charge in [0, 0.05) is 22.0 Å². The third-order valence-corrected chi connectivity index (χ3v) is 4.30. The average Bonchev–Trinajstić information content (AvgIpc) is 2.64. The lowest BCUT2D eigenvalue weighted by molar-refractivity contribution is -0.119. The van der Waals surface area contributed by atoms with Crippen LogP contribution in [0.4, 0.5) is 0 Å². The number of carbonyl (C=O) groups excluding carboxylic acids is 2. The zero-order chi connectivity index (χ0) is 20.5. The first-order valence-corrected chi connectivity index (χ1v) is 9.63. The number of thiocarbonyl (C=S) groups is 1. The van der Waals surface area contributed by atoms with Gasteiger partial charge >= 0.3 is 0 Å². The van der Waals surface area contributed by atoms with Crippen LogP contribution in [0.15, 0.2) is 42.5 Å². The van der Waals surface area contributed by atoms with E-state index in [0.717, 1.165) is 0 Å². The van der Waals surface area contributed by atoms with E-state index < -0.39 is 5.91 Å². The van der Waals surface area contributed by atoms with Gasteiger partial charge in [-0.2, -0.15) is 0 Å². The molecule has 0 aliphatic rings. The Bertz CT molecular complexity index is 880. The second kappa shape index (κ2) is 11.1. The van der Waals surface area contributed by atoms with Crippen LogP contribution in [0, 0.1) is 0 Å². The second-order valence-electron chi connectivity index (χ2n) is 5.49. The SMILES string of the molecule is O=C(CCCOc1ccc(Cl)cc1Cl)NC(=S)NNC(=O)c1cccc(Cl)c1. The van der Waals surface area contributed by atoms with Crippen molar-refractivity contribution in [3.63, 3.8) is 0 Å². The van der Waals surface area contributed by atoms with Gasteiger partial charge in [0.25, 0.3) is 5.91 Å². The molecule has 0 atom stereocenters. The van der Waals surface area contributed by atoms with Crippen LogP contribution in [0.3, 0.4) is 0 Å². The third-order valence-electron chi connectivity index (χ3n) is 3.33. The summed E-state index contributed by atoms with van der Waals surface area (Å²) in [6.45, 7) is 0.292. The number of hydrazine groups is 1. The molecule has 0 fully saturated rings. The van der Waals surface area contributed by atoms with Gasteiger partial charge in [-0.3, -0.25) is 20.4 Å². The van der Waals surface area contributed by atoms with Gasteiger partial charge in [0.1, 0.15) is 5.75 Å². The maximum Gasteiger partial charge on any atom is 0.269 e. The molecule has 2 rings (SSSR count). The van der Waals surface area contributed by atoms with Crippen LogP contribution >= 0.6 is 47.0 Å². The summed E-state index contributed by atoms with van der Waals surface area (Å²) >= 11 is 22.6. The summed E-state index contributed by atoms with van der Waals surface area (Å²) in [7, 11) is 0. The molecule has 0 spiro atoms. The molecule has 2 amide bonds. The predicted octanol–water partition coefficient (Wildman–Crippen LogP) is 4.14. The molecule has 0 bridgehead atoms. The lowest BCUT2D eigenvalue weighted by atomic mass is 10.2. The highest BCUT2D eigenvalue weighted by Crippen LogP contribution is 2.27. The van der Waals surface area contributed by atoms with E-state index in [0.29, 0.717) is 39.4 Å². The largest absolute Gasteiger partial charge is 0.492 e. The van der Waals surface area contributed by atoms with Crippen molar-refractivity contribution in [2.24, 2.45) is 0 Å². The molecule has 0 aromatic heterocycles. The fourth-order valence-electron chi connectivity index (χ4n) is 2.04. The molecule has 0 heterocycles. The Morgan fingerprint density at radius 1 is 1.00 bits per heavy atom. The van der Waals surface area contributed by atoms with Gasteiger partial charge in [0.2, 0.25) is 5.91 Å². The molecule has 0 unspecified atom stereocenters. The molecule has 0 saturated heterocycles. The molecule has 2 aromatic carbocycles. The number of halogens is 3. The monoisotopic (exact) mass is 459 g/mol. The second-order valence-corrected chi connectivity index (χ2v) is 7.18. The molecule has 6 nitrogen and oxygen atoms in total. The van der Waals surface area contributed by atoms with Gasteiger partial charge in [0.05, 0.1) is 11.6 Å². The molecule has 2 aromatic rings. The number of benzene rings is 2. The van der Waals surface area contributed by atoms with Crippen molar-refractivity contribution in [2.75, 3.05) is 6.61 Å². The van der Waals surface area contributed by atoms with E-state index >= 15 is 0 Å². The van der Waals surface area contributed by atoms with E-state index in [1.807, 2.05) is 0 Å². The number of amides is 2. The van der Waals surface area contributed by atoms with Crippen LogP contribution in [0.1, 0.15) is 23.2 Å². The highest BCUT2D eigenvalue weighted by atomic mass is 35.5. The maximum atomic E-state index is 11.9. The van der Waals surface area contributed by atoms with Crippen LogP contribution in [0.2, 0.25) is 15.1 Å². The summed E-state index contributed by atoms with van der Waals surface area (Å²) in [5, 5.41) is 3.78. The van der Waals surface area contributed by atoms with Gasteiger partial charge in [-0.15, -0.1) is 0 Å². The highest BCUT2D eigenvalue weighted by molar-refractivity contribution is 7.80. The van der Waals surface area contributed by atoms with E-state index in [4.69, 9.17) is 51.8 Å². The van der Waals surface area contributed by atoms with Crippen LogP contribution < -0.4 is 20.9 Å². The normalized spacial score (nSPS) is 10.1. The summed E-state index contributed by atoms with van der Waals surface area (Å²) in [6, 6.07) is 11.3.